The van der Waals surface area contributed by atoms with Crippen molar-refractivity contribution in [1.29, 1.82) is 0 Å². The Labute approximate surface area is 102 Å². The van der Waals surface area contributed by atoms with Crippen molar-refractivity contribution in [2.75, 3.05) is 20.8 Å². The molecular weight excluding hydrogens is 221 g/mol. The summed E-state index contributed by atoms with van der Waals surface area (Å²) in [5, 5.41) is 0. The van der Waals surface area contributed by atoms with Crippen molar-refractivity contribution in [3.63, 3.8) is 0 Å². The van der Waals surface area contributed by atoms with Crippen LogP contribution in [0, 0.1) is 5.82 Å². The Bertz CT molecular complexity index is 369. The summed E-state index contributed by atoms with van der Waals surface area (Å²) < 4.78 is 24.5. The topological polar surface area (TPSA) is 44.5 Å². The van der Waals surface area contributed by atoms with Crippen LogP contribution in [0.1, 0.15) is 30.4 Å². The number of hydrogen-bond acceptors (Lipinski definition) is 3. The van der Waals surface area contributed by atoms with Gasteiger partial charge in [0.1, 0.15) is 11.6 Å². The summed E-state index contributed by atoms with van der Waals surface area (Å²) >= 11 is 0. The normalized spacial score (nSPS) is 12.5. The predicted octanol–water partition coefficient (Wildman–Crippen LogP) is 2.43. The van der Waals surface area contributed by atoms with E-state index in [0.29, 0.717) is 23.4 Å². The van der Waals surface area contributed by atoms with E-state index in [4.69, 9.17) is 15.2 Å². The van der Waals surface area contributed by atoms with Gasteiger partial charge in [0, 0.05) is 18.2 Å². The summed E-state index contributed by atoms with van der Waals surface area (Å²) in [6, 6.07) is 3.47. The Balaban J connectivity index is 3.17. The highest BCUT2D eigenvalue weighted by Gasteiger charge is 2.19. The average Bonchev–Trinajstić information content (AvgIpc) is 2.31. The molecule has 0 radical (unpaired) electrons. The van der Waals surface area contributed by atoms with Crippen molar-refractivity contribution < 1.29 is 13.9 Å². The van der Waals surface area contributed by atoms with Crippen molar-refractivity contribution in [3.05, 3.63) is 29.1 Å². The van der Waals surface area contributed by atoms with E-state index in [2.05, 4.69) is 0 Å². The van der Waals surface area contributed by atoms with Crippen molar-refractivity contribution >= 4 is 0 Å². The summed E-state index contributed by atoms with van der Waals surface area (Å²) in [7, 11) is 3.09. The van der Waals surface area contributed by atoms with Gasteiger partial charge in [0.25, 0.3) is 0 Å². The zero-order valence-corrected chi connectivity index (χ0v) is 10.6. The molecule has 3 nitrogen and oxygen atoms in total. The lowest BCUT2D eigenvalue weighted by Gasteiger charge is -2.17. The van der Waals surface area contributed by atoms with Gasteiger partial charge in [-0.15, -0.1) is 0 Å². The lowest BCUT2D eigenvalue weighted by Crippen LogP contribution is -2.09. The lowest BCUT2D eigenvalue weighted by atomic mass is 9.94. The number of rotatable bonds is 6. The molecule has 1 unspecified atom stereocenters. The maximum absolute atomic E-state index is 14.3. The van der Waals surface area contributed by atoms with Crippen LogP contribution < -0.4 is 10.5 Å². The molecule has 0 saturated heterocycles. The second kappa shape index (κ2) is 6.57. The van der Waals surface area contributed by atoms with E-state index < -0.39 is 0 Å². The molecule has 0 spiro atoms. The molecule has 0 saturated carbocycles. The van der Waals surface area contributed by atoms with E-state index in [1.807, 2.05) is 6.92 Å². The fourth-order valence-electron chi connectivity index (χ4n) is 1.92. The van der Waals surface area contributed by atoms with Crippen LogP contribution in [0.5, 0.6) is 5.75 Å². The van der Waals surface area contributed by atoms with Gasteiger partial charge in [-0.3, -0.25) is 0 Å². The number of halogens is 1. The third-order valence-corrected chi connectivity index (χ3v) is 2.83. The molecule has 1 atom stereocenters. The molecule has 0 aliphatic carbocycles. The first-order chi connectivity index (χ1) is 8.15. The van der Waals surface area contributed by atoms with E-state index in [1.54, 1.807) is 26.4 Å². The molecule has 1 rings (SSSR count). The second-order valence-electron chi connectivity index (χ2n) is 4.07. The Morgan fingerprint density at radius 1 is 1.35 bits per heavy atom. The maximum Gasteiger partial charge on any atom is 0.135 e. The maximum atomic E-state index is 14.3. The van der Waals surface area contributed by atoms with Gasteiger partial charge in [0.15, 0.2) is 0 Å². The zero-order chi connectivity index (χ0) is 12.8. The summed E-state index contributed by atoms with van der Waals surface area (Å²) in [5.41, 5.74) is 6.66. The smallest absolute Gasteiger partial charge is 0.135 e. The fraction of sp³-hybridized carbons (Fsp3) is 0.538. The molecule has 0 bridgehead atoms. The van der Waals surface area contributed by atoms with Gasteiger partial charge in [0.05, 0.1) is 13.7 Å². The van der Waals surface area contributed by atoms with Crippen LogP contribution in [-0.4, -0.2) is 20.8 Å². The first-order valence-electron chi connectivity index (χ1n) is 5.70. The lowest BCUT2D eigenvalue weighted by molar-refractivity contribution is 0.181. The van der Waals surface area contributed by atoms with Gasteiger partial charge >= 0.3 is 0 Å². The van der Waals surface area contributed by atoms with E-state index in [0.717, 1.165) is 6.42 Å². The third-order valence-electron chi connectivity index (χ3n) is 2.83. The molecule has 0 aliphatic rings. The van der Waals surface area contributed by atoms with Crippen molar-refractivity contribution in [3.8, 4) is 5.75 Å². The summed E-state index contributed by atoms with van der Waals surface area (Å²) in [6.45, 7) is 2.74. The molecule has 0 fully saturated rings. The molecule has 0 aromatic heterocycles. The molecule has 1 aromatic carbocycles. The van der Waals surface area contributed by atoms with E-state index in [9.17, 15) is 4.39 Å². The first kappa shape index (κ1) is 13.9. The molecular formula is C13H20FNO2. The van der Waals surface area contributed by atoms with E-state index in [1.165, 1.54) is 0 Å². The van der Waals surface area contributed by atoms with E-state index >= 15 is 0 Å². The van der Waals surface area contributed by atoms with Gasteiger partial charge in [0.2, 0.25) is 0 Å². The largest absolute Gasteiger partial charge is 0.496 e. The van der Waals surface area contributed by atoms with Crippen LogP contribution in [0.15, 0.2) is 12.1 Å². The van der Waals surface area contributed by atoms with Crippen LogP contribution in [0.2, 0.25) is 0 Å². The highest BCUT2D eigenvalue weighted by molar-refractivity contribution is 5.41. The second-order valence-corrected chi connectivity index (χ2v) is 4.07. The molecule has 96 valence electrons. The number of nitrogens with two attached hydrogens (primary N) is 1. The van der Waals surface area contributed by atoms with Gasteiger partial charge in [-0.1, -0.05) is 13.0 Å². The Hall–Kier alpha value is -1.13. The minimum absolute atomic E-state index is 0.0340. The number of ether oxygens (including phenoxy) is 2. The summed E-state index contributed by atoms with van der Waals surface area (Å²) in [6.07, 6.45) is 0.726. The highest BCUT2D eigenvalue weighted by atomic mass is 19.1. The van der Waals surface area contributed by atoms with Crippen LogP contribution in [0.3, 0.4) is 0 Å². The Kier molecular flexibility index (Phi) is 5.38. The Morgan fingerprint density at radius 2 is 2.06 bits per heavy atom. The molecule has 0 heterocycles. The third kappa shape index (κ3) is 3.17. The molecule has 4 heteroatoms. The van der Waals surface area contributed by atoms with Gasteiger partial charge in [-0.2, -0.15) is 0 Å². The average molecular weight is 241 g/mol. The number of methoxy groups -OCH3 is 2. The first-order valence-corrected chi connectivity index (χ1v) is 5.70. The van der Waals surface area contributed by atoms with Gasteiger partial charge < -0.3 is 15.2 Å². The van der Waals surface area contributed by atoms with Crippen LogP contribution >= 0.6 is 0 Å². The van der Waals surface area contributed by atoms with Crippen LogP contribution in [0.4, 0.5) is 4.39 Å². The monoisotopic (exact) mass is 241 g/mol. The number of benzene rings is 1. The molecule has 1 aromatic rings. The molecule has 0 amide bonds. The molecule has 2 N–H and O–H groups in total. The van der Waals surface area contributed by atoms with Gasteiger partial charge in [-0.05, 0) is 24.9 Å². The minimum atomic E-state index is -0.243. The SMILES string of the molecule is COCc1ccc(OC)c(C(C)CCN)c1F. The number of hydrogen-bond donors (Lipinski definition) is 1. The quantitative estimate of drug-likeness (QED) is 0.832. The van der Waals surface area contributed by atoms with Crippen molar-refractivity contribution in [2.45, 2.75) is 25.9 Å². The van der Waals surface area contributed by atoms with Crippen molar-refractivity contribution in [1.82, 2.24) is 0 Å². The minimum Gasteiger partial charge on any atom is -0.496 e. The standard InChI is InChI=1S/C13H20FNO2/c1-9(6-7-15)12-11(17-3)5-4-10(8-16-2)13(12)14/h4-5,9H,6-8,15H2,1-3H3. The highest BCUT2D eigenvalue weighted by Crippen LogP contribution is 2.32. The van der Waals surface area contributed by atoms with Gasteiger partial charge in [-0.25, -0.2) is 4.39 Å². The van der Waals surface area contributed by atoms with Crippen molar-refractivity contribution in [2.24, 2.45) is 5.73 Å². The van der Waals surface area contributed by atoms with E-state index in [-0.39, 0.29) is 18.3 Å². The molecule has 0 aliphatic heterocycles. The predicted molar refractivity (Wildman–Crippen MR) is 65.8 cm³/mol. The fourth-order valence-corrected chi connectivity index (χ4v) is 1.92. The van der Waals surface area contributed by atoms with Crippen LogP contribution in [-0.2, 0) is 11.3 Å². The Morgan fingerprint density at radius 3 is 2.59 bits per heavy atom. The summed E-state index contributed by atoms with van der Waals surface area (Å²) in [4.78, 5) is 0. The summed E-state index contributed by atoms with van der Waals surface area (Å²) in [5.74, 6) is 0.363. The zero-order valence-electron chi connectivity index (χ0n) is 10.6. The van der Waals surface area contributed by atoms with Crippen LogP contribution in [0.25, 0.3) is 0 Å². The molecule has 17 heavy (non-hydrogen) atoms.